The molecule has 1 N–H and O–H groups in total. The highest BCUT2D eigenvalue weighted by molar-refractivity contribution is 5.98. The third kappa shape index (κ3) is 3.30. The normalized spacial score (nSPS) is 39.6. The van der Waals surface area contributed by atoms with Gasteiger partial charge in [-0.25, -0.2) is 9.18 Å². The first-order chi connectivity index (χ1) is 16.4. The first-order valence-electron chi connectivity index (χ1n) is 13.4. The fourth-order valence-electron chi connectivity index (χ4n) is 9.01. The van der Waals surface area contributed by atoms with Crippen LogP contribution in [0, 0.1) is 34.9 Å². The van der Waals surface area contributed by atoms with Crippen molar-refractivity contribution in [1.82, 2.24) is 4.90 Å². The number of nitrogens with zero attached hydrogens (tertiary/aromatic N) is 1. The Hall–Kier alpha value is -2.11. The van der Waals surface area contributed by atoms with Gasteiger partial charge < -0.3 is 14.7 Å². The van der Waals surface area contributed by atoms with Gasteiger partial charge >= 0.3 is 5.97 Å². The lowest BCUT2D eigenvalue weighted by atomic mass is 9.50. The van der Waals surface area contributed by atoms with Gasteiger partial charge in [-0.3, -0.25) is 4.79 Å². The molecule has 1 heterocycles. The van der Waals surface area contributed by atoms with E-state index in [0.29, 0.717) is 24.7 Å². The standard InChI is InChI=1S/C28H34FNO4/c29-23-10-24(34-14-28-11-15-5-16(12-28)7-17(6-15)13-28)21(18-1-2-18)9-22(23)26(31)30-20-4-3-19(8-20)25(30)27(32)33/h9-10,15-20,25H,1-8,11-14H2,(H,32,33)/t15?,16?,17?,19-,20+,25-,28?/m0/s1. The molecule has 1 aromatic carbocycles. The van der Waals surface area contributed by atoms with Crippen molar-refractivity contribution < 1.29 is 23.8 Å². The van der Waals surface area contributed by atoms with Crippen molar-refractivity contribution in [1.29, 1.82) is 0 Å². The van der Waals surface area contributed by atoms with Crippen molar-refractivity contribution in [2.75, 3.05) is 6.61 Å². The molecule has 0 spiro atoms. The monoisotopic (exact) mass is 467 g/mol. The summed E-state index contributed by atoms with van der Waals surface area (Å²) < 4.78 is 21.8. The number of carboxylic acids is 1. The van der Waals surface area contributed by atoms with E-state index in [1.807, 2.05) is 0 Å². The Kier molecular flexibility index (Phi) is 4.64. The van der Waals surface area contributed by atoms with Crippen molar-refractivity contribution in [3.63, 3.8) is 0 Å². The molecule has 6 heteroatoms. The van der Waals surface area contributed by atoms with Gasteiger partial charge in [0.05, 0.1) is 12.2 Å². The maximum absolute atomic E-state index is 15.4. The number of amides is 1. The molecule has 1 aliphatic heterocycles. The van der Waals surface area contributed by atoms with Gasteiger partial charge in [0.25, 0.3) is 5.91 Å². The average molecular weight is 468 g/mol. The second kappa shape index (κ2) is 7.44. The molecule has 7 aliphatic rings. The third-order valence-electron chi connectivity index (χ3n) is 10.1. The van der Waals surface area contributed by atoms with Crippen LogP contribution in [0.2, 0.25) is 0 Å². The minimum atomic E-state index is -0.973. The van der Waals surface area contributed by atoms with Gasteiger partial charge in [0.15, 0.2) is 0 Å². The number of carbonyl (C=O) groups excluding carboxylic acids is 1. The molecule has 6 bridgehead atoms. The minimum absolute atomic E-state index is 0.0136. The van der Waals surface area contributed by atoms with E-state index in [9.17, 15) is 14.7 Å². The summed E-state index contributed by atoms with van der Waals surface area (Å²) in [6, 6.07) is 2.19. The number of carboxylic acid groups (broad SMARTS) is 1. The summed E-state index contributed by atoms with van der Waals surface area (Å²) in [5, 5.41) is 9.75. The molecular weight excluding hydrogens is 433 g/mol. The van der Waals surface area contributed by atoms with Crippen molar-refractivity contribution in [2.24, 2.45) is 29.1 Å². The average Bonchev–Trinajstić information content (AvgIpc) is 3.42. The second-order valence-electron chi connectivity index (χ2n) is 12.6. The molecular formula is C28H34FNO4. The van der Waals surface area contributed by atoms with Crippen LogP contribution in [0.4, 0.5) is 4.39 Å². The van der Waals surface area contributed by atoms with Crippen LogP contribution in [0.1, 0.15) is 92.5 Å². The first kappa shape index (κ1) is 21.2. The molecule has 182 valence electrons. The van der Waals surface area contributed by atoms with E-state index in [2.05, 4.69) is 0 Å². The lowest BCUT2D eigenvalue weighted by Gasteiger charge is -2.56. The highest BCUT2D eigenvalue weighted by Gasteiger charge is 2.53. The Morgan fingerprint density at radius 1 is 1.00 bits per heavy atom. The maximum atomic E-state index is 15.4. The predicted octanol–water partition coefficient (Wildman–Crippen LogP) is 5.38. The molecule has 1 saturated heterocycles. The van der Waals surface area contributed by atoms with Crippen molar-refractivity contribution in [2.45, 2.75) is 88.6 Å². The molecule has 1 aromatic rings. The lowest BCUT2D eigenvalue weighted by Crippen LogP contribution is -2.49. The molecule has 3 atom stereocenters. The number of hydrogen-bond donors (Lipinski definition) is 1. The number of carbonyl (C=O) groups is 2. The number of rotatable bonds is 6. The number of hydrogen-bond acceptors (Lipinski definition) is 3. The van der Waals surface area contributed by atoms with Crippen LogP contribution in [0.3, 0.4) is 0 Å². The largest absolute Gasteiger partial charge is 0.493 e. The Morgan fingerprint density at radius 3 is 2.29 bits per heavy atom. The summed E-state index contributed by atoms with van der Waals surface area (Å²) >= 11 is 0. The zero-order valence-corrected chi connectivity index (χ0v) is 19.7. The molecule has 6 aliphatic carbocycles. The van der Waals surface area contributed by atoms with E-state index in [0.717, 1.165) is 49.0 Å². The topological polar surface area (TPSA) is 66.8 Å². The van der Waals surface area contributed by atoms with E-state index in [4.69, 9.17) is 4.74 Å². The highest BCUT2D eigenvalue weighted by atomic mass is 19.1. The van der Waals surface area contributed by atoms with Crippen LogP contribution in [0.5, 0.6) is 5.75 Å². The second-order valence-corrected chi connectivity index (χ2v) is 12.6. The number of benzene rings is 1. The lowest BCUT2D eigenvalue weighted by molar-refractivity contribution is -0.143. The summed E-state index contributed by atoms with van der Waals surface area (Å²) in [5.74, 6) is 1.40. The molecule has 34 heavy (non-hydrogen) atoms. The molecule has 8 rings (SSSR count). The molecule has 1 amide bonds. The molecule has 0 aromatic heterocycles. The molecule has 6 saturated carbocycles. The fourth-order valence-corrected chi connectivity index (χ4v) is 9.01. The zero-order valence-electron chi connectivity index (χ0n) is 19.7. The fraction of sp³-hybridized carbons (Fsp3) is 0.714. The molecule has 7 fully saturated rings. The Labute approximate surface area is 200 Å². The molecule has 5 nitrogen and oxygen atoms in total. The van der Waals surface area contributed by atoms with Gasteiger partial charge in [-0.15, -0.1) is 0 Å². The number of ether oxygens (including phenoxy) is 1. The Balaban J connectivity index is 1.15. The summed E-state index contributed by atoms with van der Waals surface area (Å²) in [5.41, 5.74) is 1.19. The van der Waals surface area contributed by atoms with E-state index < -0.39 is 23.7 Å². The van der Waals surface area contributed by atoms with Crippen LogP contribution in [-0.2, 0) is 4.79 Å². The number of fused-ring (bicyclic) bond motifs is 2. The van der Waals surface area contributed by atoms with Crippen LogP contribution >= 0.6 is 0 Å². The molecule has 0 unspecified atom stereocenters. The van der Waals surface area contributed by atoms with Crippen molar-refractivity contribution in [3.05, 3.63) is 29.1 Å². The number of aliphatic carboxylic acids is 1. The van der Waals surface area contributed by atoms with E-state index >= 15 is 4.39 Å². The van der Waals surface area contributed by atoms with Crippen LogP contribution in [0.25, 0.3) is 0 Å². The van der Waals surface area contributed by atoms with Gasteiger partial charge in [0.1, 0.15) is 17.6 Å². The summed E-state index contributed by atoms with van der Waals surface area (Å²) in [7, 11) is 0. The van der Waals surface area contributed by atoms with Gasteiger partial charge in [-0.05, 0) is 112 Å². The van der Waals surface area contributed by atoms with Gasteiger partial charge in [-0.2, -0.15) is 0 Å². The maximum Gasteiger partial charge on any atom is 0.326 e. The minimum Gasteiger partial charge on any atom is -0.493 e. The van der Waals surface area contributed by atoms with E-state index in [1.165, 1.54) is 49.5 Å². The van der Waals surface area contributed by atoms with Crippen LogP contribution in [-0.4, -0.2) is 40.6 Å². The molecule has 0 radical (unpaired) electrons. The summed E-state index contributed by atoms with van der Waals surface area (Å²) in [6.07, 6.45) is 12.3. The summed E-state index contributed by atoms with van der Waals surface area (Å²) in [4.78, 5) is 26.8. The SMILES string of the molecule is O=C(O)[C@@H]1[C@H]2CC[C@H](C2)N1C(=O)c1cc(C2CC2)c(OCC23CC4CC(CC(C4)C2)C3)cc1F. The van der Waals surface area contributed by atoms with Gasteiger partial charge in [-0.1, -0.05) is 0 Å². The Morgan fingerprint density at radius 2 is 1.68 bits per heavy atom. The van der Waals surface area contributed by atoms with E-state index in [1.54, 1.807) is 6.07 Å². The number of likely N-dealkylation sites (tertiary alicyclic amines) is 1. The van der Waals surface area contributed by atoms with Crippen LogP contribution < -0.4 is 4.74 Å². The zero-order chi connectivity index (χ0) is 23.2. The quantitative estimate of drug-likeness (QED) is 0.610. The summed E-state index contributed by atoms with van der Waals surface area (Å²) in [6.45, 7) is 0.653. The van der Waals surface area contributed by atoms with Gasteiger partial charge in [0, 0.05) is 17.5 Å². The number of halogens is 1. The van der Waals surface area contributed by atoms with Crippen molar-refractivity contribution in [3.8, 4) is 5.75 Å². The predicted molar refractivity (Wildman–Crippen MR) is 123 cm³/mol. The van der Waals surface area contributed by atoms with Crippen LogP contribution in [0.15, 0.2) is 12.1 Å². The van der Waals surface area contributed by atoms with Crippen molar-refractivity contribution >= 4 is 11.9 Å². The third-order valence-corrected chi connectivity index (χ3v) is 10.1. The highest BCUT2D eigenvalue weighted by Crippen LogP contribution is 2.60. The number of piperidine rings is 1. The van der Waals surface area contributed by atoms with Gasteiger partial charge in [0.2, 0.25) is 0 Å². The van der Waals surface area contributed by atoms with E-state index in [-0.39, 0.29) is 22.9 Å². The Bertz CT molecular complexity index is 1010. The smallest absolute Gasteiger partial charge is 0.326 e. The first-order valence-corrected chi connectivity index (χ1v) is 13.4.